The largest absolute Gasteiger partial charge is 0.495 e. The molecule has 0 radical (unpaired) electrons. The van der Waals surface area contributed by atoms with Crippen LogP contribution in [0, 0.1) is 0 Å². The van der Waals surface area contributed by atoms with Crippen LogP contribution >= 0.6 is 11.3 Å². The number of hydrogen-bond donors (Lipinski definition) is 2. The molecule has 5 nitrogen and oxygen atoms in total. The van der Waals surface area contributed by atoms with Gasteiger partial charge in [0, 0.05) is 5.38 Å². The van der Waals surface area contributed by atoms with Crippen LogP contribution in [0.15, 0.2) is 29.6 Å². The lowest BCUT2D eigenvalue weighted by atomic mass is 10.3. The number of nitrogens with zero attached hydrogens (tertiary/aromatic N) is 1. The van der Waals surface area contributed by atoms with Gasteiger partial charge in [-0.25, -0.2) is 9.78 Å². The van der Waals surface area contributed by atoms with Gasteiger partial charge in [-0.3, -0.25) is 0 Å². The molecule has 88 valence electrons. The van der Waals surface area contributed by atoms with Crippen molar-refractivity contribution in [3.8, 4) is 5.75 Å². The normalized spacial score (nSPS) is 9.94. The first-order valence-corrected chi connectivity index (χ1v) is 5.67. The Morgan fingerprint density at radius 2 is 2.24 bits per heavy atom. The van der Waals surface area contributed by atoms with Crippen molar-refractivity contribution in [1.82, 2.24) is 4.98 Å². The first-order chi connectivity index (χ1) is 8.20. The predicted octanol–water partition coefficient (Wildman–Crippen LogP) is 2.59. The molecule has 2 N–H and O–H groups in total. The van der Waals surface area contributed by atoms with E-state index in [1.807, 2.05) is 24.3 Å². The zero-order chi connectivity index (χ0) is 12.3. The molecule has 2 rings (SSSR count). The van der Waals surface area contributed by atoms with Gasteiger partial charge in [-0.2, -0.15) is 0 Å². The van der Waals surface area contributed by atoms with E-state index in [1.165, 1.54) is 16.7 Å². The van der Waals surface area contributed by atoms with Crippen LogP contribution < -0.4 is 10.1 Å². The number of benzene rings is 1. The second-order valence-electron chi connectivity index (χ2n) is 3.17. The van der Waals surface area contributed by atoms with Gasteiger partial charge in [0.25, 0.3) is 0 Å². The van der Waals surface area contributed by atoms with E-state index in [4.69, 9.17) is 9.84 Å². The Balaban J connectivity index is 2.22. The van der Waals surface area contributed by atoms with Crippen molar-refractivity contribution in [1.29, 1.82) is 0 Å². The number of carboxylic acids is 1. The fourth-order valence-electron chi connectivity index (χ4n) is 1.29. The van der Waals surface area contributed by atoms with Crippen LogP contribution in [0.1, 0.15) is 10.5 Å². The summed E-state index contributed by atoms with van der Waals surface area (Å²) in [4.78, 5) is 14.6. The molecule has 1 aromatic carbocycles. The van der Waals surface area contributed by atoms with E-state index in [-0.39, 0.29) is 5.69 Å². The van der Waals surface area contributed by atoms with Gasteiger partial charge in [-0.05, 0) is 12.1 Å². The fraction of sp³-hybridized carbons (Fsp3) is 0.0909. The Bertz CT molecular complexity index is 539. The number of hydrogen-bond acceptors (Lipinski definition) is 5. The summed E-state index contributed by atoms with van der Waals surface area (Å²) in [6.07, 6.45) is 0. The van der Waals surface area contributed by atoms with E-state index >= 15 is 0 Å². The molecule has 0 fully saturated rings. The quantitative estimate of drug-likeness (QED) is 0.872. The van der Waals surface area contributed by atoms with Crippen LogP contribution in [0.2, 0.25) is 0 Å². The minimum atomic E-state index is -1.03. The van der Waals surface area contributed by atoms with Gasteiger partial charge in [-0.15, -0.1) is 11.3 Å². The number of rotatable bonds is 4. The third-order valence-electron chi connectivity index (χ3n) is 2.07. The summed E-state index contributed by atoms with van der Waals surface area (Å²) in [6.45, 7) is 0. The zero-order valence-electron chi connectivity index (χ0n) is 9.01. The molecular formula is C11H10N2O3S. The maximum Gasteiger partial charge on any atom is 0.355 e. The molecule has 0 atom stereocenters. The summed E-state index contributed by atoms with van der Waals surface area (Å²) >= 11 is 1.23. The van der Waals surface area contributed by atoms with Gasteiger partial charge < -0.3 is 15.2 Å². The average Bonchev–Trinajstić information content (AvgIpc) is 2.78. The topological polar surface area (TPSA) is 71.5 Å². The molecule has 2 aromatic rings. The predicted molar refractivity (Wildman–Crippen MR) is 65.4 cm³/mol. The van der Waals surface area contributed by atoms with Gasteiger partial charge in [0.05, 0.1) is 12.8 Å². The van der Waals surface area contributed by atoms with Crippen LogP contribution in [0.3, 0.4) is 0 Å². The molecule has 0 spiro atoms. The number of thiazole rings is 1. The summed E-state index contributed by atoms with van der Waals surface area (Å²) in [5.74, 6) is -0.353. The molecule has 1 aromatic heterocycles. The molecule has 0 unspecified atom stereocenters. The summed E-state index contributed by atoms with van der Waals surface area (Å²) in [5, 5.41) is 13.8. The van der Waals surface area contributed by atoms with Gasteiger partial charge in [0.15, 0.2) is 10.8 Å². The number of nitrogens with one attached hydrogen (secondary N) is 1. The molecule has 0 saturated carbocycles. The molecule has 0 aliphatic carbocycles. The number of aromatic nitrogens is 1. The Hall–Kier alpha value is -2.08. The van der Waals surface area contributed by atoms with Crippen molar-refractivity contribution in [2.75, 3.05) is 12.4 Å². The van der Waals surface area contributed by atoms with E-state index in [2.05, 4.69) is 10.3 Å². The highest BCUT2D eigenvalue weighted by atomic mass is 32.1. The van der Waals surface area contributed by atoms with E-state index in [0.717, 1.165) is 5.69 Å². The Morgan fingerprint density at radius 3 is 2.88 bits per heavy atom. The summed E-state index contributed by atoms with van der Waals surface area (Å²) in [5.41, 5.74) is 0.786. The van der Waals surface area contributed by atoms with Crippen molar-refractivity contribution in [2.24, 2.45) is 0 Å². The Kier molecular flexibility index (Phi) is 3.24. The number of carboxylic acid groups (broad SMARTS) is 1. The molecule has 0 aliphatic heterocycles. The number of ether oxygens (including phenoxy) is 1. The Morgan fingerprint density at radius 1 is 1.47 bits per heavy atom. The molecule has 0 bridgehead atoms. The van der Waals surface area contributed by atoms with Crippen LogP contribution in [0.5, 0.6) is 5.75 Å². The first kappa shape index (κ1) is 11.4. The lowest BCUT2D eigenvalue weighted by molar-refractivity contribution is 0.0691. The number of methoxy groups -OCH3 is 1. The molecule has 6 heteroatoms. The minimum Gasteiger partial charge on any atom is -0.495 e. The second kappa shape index (κ2) is 4.84. The summed E-state index contributed by atoms with van der Waals surface area (Å²) < 4.78 is 5.17. The third-order valence-corrected chi connectivity index (χ3v) is 2.83. The number of anilines is 2. The van der Waals surface area contributed by atoms with Crippen molar-refractivity contribution in [3.05, 3.63) is 35.3 Å². The Labute approximate surface area is 102 Å². The second-order valence-corrected chi connectivity index (χ2v) is 4.03. The first-order valence-electron chi connectivity index (χ1n) is 4.79. The average molecular weight is 250 g/mol. The maximum atomic E-state index is 10.7. The van der Waals surface area contributed by atoms with Gasteiger partial charge >= 0.3 is 5.97 Å². The zero-order valence-corrected chi connectivity index (χ0v) is 9.82. The standard InChI is InChI=1S/C11H10N2O3S/c1-16-9-5-3-2-4-7(9)12-11-13-8(6-17-11)10(14)15/h2-6H,1H3,(H,12,13)(H,14,15). The van der Waals surface area contributed by atoms with Gasteiger partial charge in [0.1, 0.15) is 5.75 Å². The summed E-state index contributed by atoms with van der Waals surface area (Å²) in [7, 11) is 1.57. The number of carbonyl (C=O) groups is 1. The highest BCUT2D eigenvalue weighted by Crippen LogP contribution is 2.28. The third kappa shape index (κ3) is 2.54. The minimum absolute atomic E-state index is 0.0346. The van der Waals surface area contributed by atoms with Crippen molar-refractivity contribution in [3.63, 3.8) is 0 Å². The molecule has 0 amide bonds. The van der Waals surface area contributed by atoms with Gasteiger partial charge in [0.2, 0.25) is 0 Å². The van der Waals surface area contributed by atoms with Crippen molar-refractivity contribution in [2.45, 2.75) is 0 Å². The SMILES string of the molecule is COc1ccccc1Nc1nc(C(=O)O)cs1. The van der Waals surface area contributed by atoms with E-state index in [0.29, 0.717) is 10.9 Å². The van der Waals surface area contributed by atoms with Crippen LogP contribution in [0.4, 0.5) is 10.8 Å². The number of para-hydroxylation sites is 2. The number of aromatic carboxylic acids is 1. The molecular weight excluding hydrogens is 240 g/mol. The smallest absolute Gasteiger partial charge is 0.355 e. The van der Waals surface area contributed by atoms with E-state index < -0.39 is 5.97 Å². The van der Waals surface area contributed by atoms with E-state index in [9.17, 15) is 4.79 Å². The molecule has 1 heterocycles. The molecule has 0 aliphatic rings. The fourth-order valence-corrected chi connectivity index (χ4v) is 1.99. The van der Waals surface area contributed by atoms with Crippen LogP contribution in [-0.2, 0) is 0 Å². The van der Waals surface area contributed by atoms with Crippen molar-refractivity contribution >= 4 is 28.1 Å². The van der Waals surface area contributed by atoms with Crippen LogP contribution in [-0.4, -0.2) is 23.2 Å². The lowest BCUT2D eigenvalue weighted by Gasteiger charge is -2.07. The lowest BCUT2D eigenvalue weighted by Crippen LogP contribution is -1.98. The monoisotopic (exact) mass is 250 g/mol. The van der Waals surface area contributed by atoms with Crippen LogP contribution in [0.25, 0.3) is 0 Å². The van der Waals surface area contributed by atoms with E-state index in [1.54, 1.807) is 7.11 Å². The summed E-state index contributed by atoms with van der Waals surface area (Å²) in [6, 6.07) is 7.36. The molecule has 17 heavy (non-hydrogen) atoms. The highest BCUT2D eigenvalue weighted by Gasteiger charge is 2.09. The van der Waals surface area contributed by atoms with Crippen molar-refractivity contribution < 1.29 is 14.6 Å². The van der Waals surface area contributed by atoms with Gasteiger partial charge in [-0.1, -0.05) is 12.1 Å². The molecule has 0 saturated heterocycles. The maximum absolute atomic E-state index is 10.7. The highest BCUT2D eigenvalue weighted by molar-refractivity contribution is 7.14.